The van der Waals surface area contributed by atoms with E-state index in [9.17, 15) is 13.5 Å². The van der Waals surface area contributed by atoms with E-state index in [1.54, 1.807) is 6.07 Å². The molecular formula is C12H18O3S. The van der Waals surface area contributed by atoms with Crippen molar-refractivity contribution >= 4 is 9.84 Å². The molecule has 0 aliphatic rings. The number of hydrogen-bond donors (Lipinski definition) is 1. The highest BCUT2D eigenvalue weighted by Gasteiger charge is 2.25. The topological polar surface area (TPSA) is 54.4 Å². The Hall–Kier alpha value is -0.870. The lowest BCUT2D eigenvalue weighted by Crippen LogP contribution is -2.30. The van der Waals surface area contributed by atoms with Gasteiger partial charge < -0.3 is 5.11 Å². The van der Waals surface area contributed by atoms with Crippen molar-refractivity contribution in [1.82, 2.24) is 0 Å². The summed E-state index contributed by atoms with van der Waals surface area (Å²) in [5.74, 6) is -0.0131. The Morgan fingerprint density at radius 1 is 1.31 bits per heavy atom. The van der Waals surface area contributed by atoms with Crippen molar-refractivity contribution in [3.8, 4) is 0 Å². The number of aliphatic hydroxyl groups is 1. The molecule has 0 bridgehead atoms. The quantitative estimate of drug-likeness (QED) is 0.874. The normalized spacial score (nSPS) is 15.8. The van der Waals surface area contributed by atoms with Gasteiger partial charge in [0, 0.05) is 0 Å². The first-order chi connectivity index (χ1) is 7.33. The fourth-order valence-corrected chi connectivity index (χ4v) is 2.97. The molecule has 0 saturated carbocycles. The minimum Gasteiger partial charge on any atom is -0.392 e. The molecule has 0 aromatic heterocycles. The molecule has 1 aromatic rings. The van der Waals surface area contributed by atoms with Crippen LogP contribution in [0.4, 0.5) is 0 Å². The molecule has 0 heterocycles. The van der Waals surface area contributed by atoms with Crippen molar-refractivity contribution in [2.45, 2.75) is 37.9 Å². The van der Waals surface area contributed by atoms with Gasteiger partial charge in [-0.1, -0.05) is 29.8 Å². The van der Waals surface area contributed by atoms with Gasteiger partial charge in [0.2, 0.25) is 0 Å². The van der Waals surface area contributed by atoms with Gasteiger partial charge in [0.15, 0.2) is 9.84 Å². The molecule has 0 saturated heterocycles. The minimum absolute atomic E-state index is 0.0131. The summed E-state index contributed by atoms with van der Waals surface area (Å²) in [6, 6.07) is 7.41. The van der Waals surface area contributed by atoms with Crippen molar-refractivity contribution < 1.29 is 13.5 Å². The zero-order valence-electron chi connectivity index (χ0n) is 9.84. The predicted octanol–water partition coefficient (Wildman–Crippen LogP) is 1.68. The Kier molecular flexibility index (Phi) is 4.10. The third-order valence-corrected chi connectivity index (χ3v) is 4.96. The number of aryl methyl sites for hydroxylation is 1. The molecule has 4 heteroatoms. The van der Waals surface area contributed by atoms with Gasteiger partial charge in [-0.25, -0.2) is 8.42 Å². The average Bonchev–Trinajstić information content (AvgIpc) is 2.15. The molecule has 1 aromatic carbocycles. The molecule has 1 N–H and O–H groups in total. The molecule has 0 aliphatic heterocycles. The molecule has 90 valence electrons. The van der Waals surface area contributed by atoms with E-state index < -0.39 is 21.2 Å². The zero-order chi connectivity index (χ0) is 12.3. The van der Waals surface area contributed by atoms with Gasteiger partial charge in [-0.05, 0) is 26.3 Å². The highest BCUT2D eigenvalue weighted by atomic mass is 32.2. The van der Waals surface area contributed by atoms with E-state index in [0.717, 1.165) is 11.1 Å². The standard InChI is InChI=1S/C12H18O3S/c1-9-5-4-6-12(7-9)8-16(14,15)11(3)10(2)13/h4-7,10-11,13H,8H2,1-3H3/t10-,11+/m1/s1. The van der Waals surface area contributed by atoms with Crippen molar-refractivity contribution in [3.05, 3.63) is 35.4 Å². The fraction of sp³-hybridized carbons (Fsp3) is 0.500. The monoisotopic (exact) mass is 242 g/mol. The van der Waals surface area contributed by atoms with Gasteiger partial charge in [0.25, 0.3) is 0 Å². The van der Waals surface area contributed by atoms with Crippen LogP contribution in [0.2, 0.25) is 0 Å². The van der Waals surface area contributed by atoms with Crippen LogP contribution in [0.3, 0.4) is 0 Å². The van der Waals surface area contributed by atoms with Gasteiger partial charge in [0.1, 0.15) is 0 Å². The highest BCUT2D eigenvalue weighted by molar-refractivity contribution is 7.91. The van der Waals surface area contributed by atoms with Gasteiger partial charge in [-0.3, -0.25) is 0 Å². The maximum Gasteiger partial charge on any atom is 0.159 e. The molecule has 3 nitrogen and oxygen atoms in total. The first kappa shape index (κ1) is 13.2. The van der Waals surface area contributed by atoms with Crippen LogP contribution in [-0.2, 0) is 15.6 Å². The third-order valence-electron chi connectivity index (χ3n) is 2.70. The summed E-state index contributed by atoms with van der Waals surface area (Å²) in [6.07, 6.45) is -0.838. The smallest absolute Gasteiger partial charge is 0.159 e. The SMILES string of the molecule is Cc1cccc(CS(=O)(=O)[C@@H](C)[C@@H](C)O)c1. The van der Waals surface area contributed by atoms with E-state index in [-0.39, 0.29) is 5.75 Å². The summed E-state index contributed by atoms with van der Waals surface area (Å²) in [6.45, 7) is 4.96. The summed E-state index contributed by atoms with van der Waals surface area (Å²) < 4.78 is 23.8. The molecule has 0 amide bonds. The van der Waals surface area contributed by atoms with E-state index in [4.69, 9.17) is 0 Å². The van der Waals surface area contributed by atoms with Crippen LogP contribution in [0.5, 0.6) is 0 Å². The first-order valence-electron chi connectivity index (χ1n) is 5.28. The van der Waals surface area contributed by atoms with E-state index >= 15 is 0 Å². The van der Waals surface area contributed by atoms with Crippen LogP contribution >= 0.6 is 0 Å². The molecule has 1 rings (SSSR count). The number of aliphatic hydroxyl groups excluding tert-OH is 1. The number of rotatable bonds is 4. The summed E-state index contributed by atoms with van der Waals surface area (Å²) in [4.78, 5) is 0. The van der Waals surface area contributed by atoms with E-state index in [0.29, 0.717) is 0 Å². The Morgan fingerprint density at radius 3 is 2.44 bits per heavy atom. The lowest BCUT2D eigenvalue weighted by Gasteiger charge is -2.15. The second-order valence-corrected chi connectivity index (χ2v) is 6.60. The average molecular weight is 242 g/mol. The Morgan fingerprint density at radius 2 is 1.94 bits per heavy atom. The Balaban J connectivity index is 2.89. The number of hydrogen-bond acceptors (Lipinski definition) is 3. The molecule has 0 spiro atoms. The van der Waals surface area contributed by atoms with Crippen LogP contribution in [0.15, 0.2) is 24.3 Å². The van der Waals surface area contributed by atoms with Crippen LogP contribution in [0, 0.1) is 6.92 Å². The fourth-order valence-electron chi connectivity index (χ4n) is 1.47. The molecule has 16 heavy (non-hydrogen) atoms. The van der Waals surface area contributed by atoms with Crippen LogP contribution in [0.25, 0.3) is 0 Å². The van der Waals surface area contributed by atoms with Gasteiger partial charge in [0.05, 0.1) is 17.1 Å². The third kappa shape index (κ3) is 3.32. The van der Waals surface area contributed by atoms with Gasteiger partial charge in [-0.2, -0.15) is 0 Å². The van der Waals surface area contributed by atoms with Crippen molar-refractivity contribution in [1.29, 1.82) is 0 Å². The van der Waals surface area contributed by atoms with E-state index in [1.165, 1.54) is 13.8 Å². The molecule has 0 radical (unpaired) electrons. The first-order valence-corrected chi connectivity index (χ1v) is 6.99. The number of sulfone groups is 1. The van der Waals surface area contributed by atoms with Crippen LogP contribution in [0.1, 0.15) is 25.0 Å². The van der Waals surface area contributed by atoms with E-state index in [1.807, 2.05) is 25.1 Å². The van der Waals surface area contributed by atoms with Crippen LogP contribution < -0.4 is 0 Å². The summed E-state index contributed by atoms with van der Waals surface area (Å²) in [5, 5.41) is 8.58. The maximum absolute atomic E-state index is 11.9. The van der Waals surface area contributed by atoms with E-state index in [2.05, 4.69) is 0 Å². The summed E-state index contributed by atoms with van der Waals surface area (Å²) in [5.41, 5.74) is 1.81. The molecule has 0 unspecified atom stereocenters. The highest BCUT2D eigenvalue weighted by Crippen LogP contribution is 2.14. The lowest BCUT2D eigenvalue weighted by atomic mass is 10.2. The minimum atomic E-state index is -3.28. The molecule has 0 aliphatic carbocycles. The van der Waals surface area contributed by atoms with Crippen molar-refractivity contribution in [2.75, 3.05) is 0 Å². The number of benzene rings is 1. The van der Waals surface area contributed by atoms with Crippen LogP contribution in [-0.4, -0.2) is 24.9 Å². The largest absolute Gasteiger partial charge is 0.392 e. The second kappa shape index (κ2) is 4.97. The predicted molar refractivity (Wildman–Crippen MR) is 64.9 cm³/mol. The van der Waals surface area contributed by atoms with Crippen molar-refractivity contribution in [2.24, 2.45) is 0 Å². The maximum atomic E-state index is 11.9. The summed E-state index contributed by atoms with van der Waals surface area (Å²) in [7, 11) is -3.28. The molecular weight excluding hydrogens is 224 g/mol. The van der Waals surface area contributed by atoms with Gasteiger partial charge >= 0.3 is 0 Å². The van der Waals surface area contributed by atoms with Gasteiger partial charge in [-0.15, -0.1) is 0 Å². The second-order valence-electron chi connectivity index (χ2n) is 4.24. The van der Waals surface area contributed by atoms with Crippen molar-refractivity contribution in [3.63, 3.8) is 0 Å². The summed E-state index contributed by atoms with van der Waals surface area (Å²) >= 11 is 0. The Bertz CT molecular complexity index is 449. The molecule has 2 atom stereocenters. The Labute approximate surface area is 97.0 Å². The zero-order valence-corrected chi connectivity index (χ0v) is 10.7. The molecule has 0 fully saturated rings. The lowest BCUT2D eigenvalue weighted by molar-refractivity contribution is 0.193.